The predicted octanol–water partition coefficient (Wildman–Crippen LogP) is 7.81. The van der Waals surface area contributed by atoms with Crippen molar-refractivity contribution in [2.45, 2.75) is 39.5 Å². The number of fused-ring (bicyclic) bond motifs is 1. The molecule has 2 aromatic heterocycles. The number of nitrogens with one attached hydrogen (secondary N) is 2. The first-order chi connectivity index (χ1) is 20.6. The van der Waals surface area contributed by atoms with Gasteiger partial charge in [0.15, 0.2) is 0 Å². The molecule has 2 amide bonds. The Morgan fingerprint density at radius 3 is 2.37 bits per heavy atom. The Hall–Kier alpha value is -4.69. The number of aryl methyl sites for hydroxylation is 1. The first kappa shape index (κ1) is 29.8. The standard InChI is InChI=1S/C35H40N6O2/c1-24-12-15-26(16-13-24)41-33(22-31(39-41)35(2,3)4)38-34(42)37-30-18-17-27(28-10-7-8-11-29(28)30)25-14-19-32(36-23-25)40(5)20-9-21-43-6/h7-8,10-19,22-23H,9,20-21H2,1-6H3,(H2,37,38,42). The van der Waals surface area contributed by atoms with E-state index in [0.717, 1.165) is 69.9 Å². The molecule has 2 heterocycles. The summed E-state index contributed by atoms with van der Waals surface area (Å²) in [5, 5.41) is 12.9. The second-order valence-electron chi connectivity index (χ2n) is 11.9. The number of carbonyl (C=O) groups excluding carboxylic acids is 1. The molecular formula is C35H40N6O2. The Labute approximate surface area is 253 Å². The second kappa shape index (κ2) is 12.7. The molecule has 8 heteroatoms. The van der Waals surface area contributed by atoms with Crippen LogP contribution in [0.4, 0.5) is 22.1 Å². The zero-order chi connectivity index (χ0) is 30.6. The average Bonchev–Trinajstić information content (AvgIpc) is 3.42. The van der Waals surface area contributed by atoms with Crippen molar-refractivity contribution in [2.75, 3.05) is 42.8 Å². The SMILES string of the molecule is COCCCN(C)c1ccc(-c2ccc(NC(=O)Nc3cc(C(C)(C)C)nn3-c3ccc(C)cc3)c3ccccc23)cn1. The fourth-order valence-corrected chi connectivity index (χ4v) is 4.98. The maximum Gasteiger partial charge on any atom is 0.324 e. The van der Waals surface area contributed by atoms with Crippen LogP contribution in [0, 0.1) is 6.92 Å². The normalized spacial score (nSPS) is 11.5. The van der Waals surface area contributed by atoms with Gasteiger partial charge >= 0.3 is 6.03 Å². The minimum absolute atomic E-state index is 0.179. The van der Waals surface area contributed by atoms with E-state index in [1.165, 1.54) is 0 Å². The molecule has 3 aromatic carbocycles. The number of methoxy groups -OCH3 is 1. The van der Waals surface area contributed by atoms with Gasteiger partial charge in [-0.1, -0.05) is 68.8 Å². The predicted molar refractivity (Wildman–Crippen MR) is 177 cm³/mol. The van der Waals surface area contributed by atoms with Gasteiger partial charge in [-0.2, -0.15) is 5.10 Å². The Bertz CT molecular complexity index is 1700. The van der Waals surface area contributed by atoms with E-state index in [9.17, 15) is 4.79 Å². The molecule has 0 unspecified atom stereocenters. The molecule has 8 nitrogen and oxygen atoms in total. The van der Waals surface area contributed by atoms with Gasteiger partial charge in [-0.3, -0.25) is 5.32 Å². The molecule has 5 rings (SSSR count). The highest BCUT2D eigenvalue weighted by atomic mass is 16.5. The van der Waals surface area contributed by atoms with Crippen LogP contribution in [-0.4, -0.2) is 48.1 Å². The number of anilines is 3. The van der Waals surface area contributed by atoms with E-state index >= 15 is 0 Å². The highest BCUT2D eigenvalue weighted by Crippen LogP contribution is 2.34. The smallest absolute Gasteiger partial charge is 0.324 e. The molecule has 0 aliphatic rings. The topological polar surface area (TPSA) is 84.3 Å². The molecule has 43 heavy (non-hydrogen) atoms. The Kier molecular flexibility index (Phi) is 8.78. The van der Waals surface area contributed by atoms with Gasteiger partial charge in [-0.05, 0) is 54.6 Å². The number of aromatic nitrogens is 3. The molecular weight excluding hydrogens is 536 g/mol. The molecule has 5 aromatic rings. The van der Waals surface area contributed by atoms with Crippen molar-refractivity contribution in [2.24, 2.45) is 0 Å². The maximum atomic E-state index is 13.4. The lowest BCUT2D eigenvalue weighted by Crippen LogP contribution is -2.21. The fourth-order valence-electron chi connectivity index (χ4n) is 4.98. The number of urea groups is 1. The van der Waals surface area contributed by atoms with Crippen molar-refractivity contribution in [3.63, 3.8) is 0 Å². The van der Waals surface area contributed by atoms with Crippen LogP contribution >= 0.6 is 0 Å². The first-order valence-electron chi connectivity index (χ1n) is 14.6. The first-order valence-corrected chi connectivity index (χ1v) is 14.6. The van der Waals surface area contributed by atoms with E-state index in [1.54, 1.807) is 11.8 Å². The molecule has 0 fully saturated rings. The van der Waals surface area contributed by atoms with Crippen LogP contribution in [0.15, 0.2) is 85.1 Å². The number of ether oxygens (including phenoxy) is 1. The highest BCUT2D eigenvalue weighted by Gasteiger charge is 2.22. The van der Waals surface area contributed by atoms with Crippen molar-refractivity contribution in [1.82, 2.24) is 14.8 Å². The summed E-state index contributed by atoms with van der Waals surface area (Å²) in [7, 11) is 3.76. The van der Waals surface area contributed by atoms with Gasteiger partial charge < -0.3 is 15.0 Å². The minimum Gasteiger partial charge on any atom is -0.385 e. The lowest BCUT2D eigenvalue weighted by atomic mass is 9.92. The molecule has 0 aliphatic carbocycles. The molecule has 0 spiro atoms. The zero-order valence-corrected chi connectivity index (χ0v) is 25.8. The summed E-state index contributed by atoms with van der Waals surface area (Å²) in [5.41, 5.74) is 5.53. The van der Waals surface area contributed by atoms with Crippen LogP contribution in [0.1, 0.15) is 38.4 Å². The van der Waals surface area contributed by atoms with Crippen LogP contribution in [0.2, 0.25) is 0 Å². The van der Waals surface area contributed by atoms with Crippen LogP contribution in [0.25, 0.3) is 27.6 Å². The van der Waals surface area contributed by atoms with Crippen LogP contribution < -0.4 is 15.5 Å². The molecule has 2 N–H and O–H groups in total. The van der Waals surface area contributed by atoms with Crippen molar-refractivity contribution in [1.29, 1.82) is 0 Å². The molecule has 0 saturated carbocycles. The summed E-state index contributed by atoms with van der Waals surface area (Å²) < 4.78 is 6.95. The van der Waals surface area contributed by atoms with Gasteiger partial charge in [0, 0.05) is 55.9 Å². The lowest BCUT2D eigenvalue weighted by molar-refractivity contribution is 0.196. The number of nitrogens with zero attached hydrogens (tertiary/aromatic N) is 4. The van der Waals surface area contributed by atoms with Crippen molar-refractivity contribution < 1.29 is 9.53 Å². The van der Waals surface area contributed by atoms with Crippen molar-refractivity contribution in [3.05, 3.63) is 96.3 Å². The van der Waals surface area contributed by atoms with E-state index < -0.39 is 0 Å². The quantitative estimate of drug-likeness (QED) is 0.175. The Morgan fingerprint density at radius 1 is 0.953 bits per heavy atom. The lowest BCUT2D eigenvalue weighted by Gasteiger charge is -2.18. The van der Waals surface area contributed by atoms with E-state index in [0.29, 0.717) is 5.82 Å². The van der Waals surface area contributed by atoms with Crippen molar-refractivity contribution in [3.8, 4) is 16.8 Å². The Morgan fingerprint density at radius 2 is 1.70 bits per heavy atom. The molecule has 0 aliphatic heterocycles. The summed E-state index contributed by atoms with van der Waals surface area (Å²) >= 11 is 0. The monoisotopic (exact) mass is 576 g/mol. The molecule has 222 valence electrons. The second-order valence-corrected chi connectivity index (χ2v) is 11.9. The summed E-state index contributed by atoms with van der Waals surface area (Å²) in [6.07, 6.45) is 2.85. The summed E-state index contributed by atoms with van der Waals surface area (Å²) in [5.74, 6) is 1.52. The number of carbonyl (C=O) groups is 1. The number of rotatable bonds is 9. The third-order valence-electron chi connectivity index (χ3n) is 7.46. The zero-order valence-electron chi connectivity index (χ0n) is 25.8. The van der Waals surface area contributed by atoms with E-state index in [-0.39, 0.29) is 11.4 Å². The van der Waals surface area contributed by atoms with E-state index in [4.69, 9.17) is 14.8 Å². The largest absolute Gasteiger partial charge is 0.385 e. The van der Waals surface area contributed by atoms with Gasteiger partial charge in [0.1, 0.15) is 11.6 Å². The minimum atomic E-state index is -0.339. The fraction of sp³-hybridized carbons (Fsp3) is 0.286. The van der Waals surface area contributed by atoms with Gasteiger partial charge in [-0.15, -0.1) is 0 Å². The Balaban J connectivity index is 1.39. The van der Waals surface area contributed by atoms with Gasteiger partial charge in [0.05, 0.1) is 17.1 Å². The third-order valence-corrected chi connectivity index (χ3v) is 7.46. The van der Waals surface area contributed by atoms with E-state index in [2.05, 4.69) is 48.4 Å². The highest BCUT2D eigenvalue weighted by molar-refractivity contribution is 6.09. The maximum absolute atomic E-state index is 13.4. The van der Waals surface area contributed by atoms with Crippen LogP contribution in [-0.2, 0) is 10.2 Å². The van der Waals surface area contributed by atoms with Crippen LogP contribution in [0.3, 0.4) is 0 Å². The van der Waals surface area contributed by atoms with Gasteiger partial charge in [0.25, 0.3) is 0 Å². The third kappa shape index (κ3) is 6.87. The summed E-state index contributed by atoms with van der Waals surface area (Å²) in [4.78, 5) is 20.2. The van der Waals surface area contributed by atoms with Gasteiger partial charge in [-0.25, -0.2) is 14.5 Å². The molecule has 0 radical (unpaired) electrons. The molecule has 0 bridgehead atoms. The number of amides is 2. The summed E-state index contributed by atoms with van der Waals surface area (Å²) in [6.45, 7) is 9.96. The number of hydrogen-bond acceptors (Lipinski definition) is 5. The van der Waals surface area contributed by atoms with Crippen LogP contribution in [0.5, 0.6) is 0 Å². The number of benzene rings is 3. The van der Waals surface area contributed by atoms with Crippen molar-refractivity contribution >= 4 is 34.1 Å². The van der Waals surface area contributed by atoms with E-state index in [1.807, 2.05) is 86.9 Å². The number of hydrogen-bond donors (Lipinski definition) is 2. The molecule has 0 atom stereocenters. The summed E-state index contributed by atoms with van der Waals surface area (Å²) in [6, 6.07) is 25.9. The van der Waals surface area contributed by atoms with Gasteiger partial charge in [0.2, 0.25) is 0 Å². The molecule has 0 saturated heterocycles. The average molecular weight is 577 g/mol. The number of pyridine rings is 1.